The van der Waals surface area contributed by atoms with Crippen LogP contribution in [0.4, 0.5) is 14.5 Å². The van der Waals surface area contributed by atoms with Gasteiger partial charge in [-0.1, -0.05) is 13.3 Å². The van der Waals surface area contributed by atoms with Gasteiger partial charge in [0, 0.05) is 18.7 Å². The molecule has 1 aromatic rings. The summed E-state index contributed by atoms with van der Waals surface area (Å²) in [5.74, 6) is -1.44. The van der Waals surface area contributed by atoms with E-state index in [0.717, 1.165) is 25.0 Å². The third-order valence-corrected chi connectivity index (χ3v) is 3.32. The van der Waals surface area contributed by atoms with Gasteiger partial charge >= 0.3 is 0 Å². The van der Waals surface area contributed by atoms with Gasteiger partial charge in [-0.3, -0.25) is 4.79 Å². The van der Waals surface area contributed by atoms with Crippen molar-refractivity contribution < 1.29 is 13.6 Å². The minimum atomic E-state index is -0.759. The second-order valence-corrected chi connectivity index (χ2v) is 4.55. The van der Waals surface area contributed by atoms with E-state index in [9.17, 15) is 13.6 Å². The van der Waals surface area contributed by atoms with Crippen LogP contribution in [0, 0.1) is 17.6 Å². The summed E-state index contributed by atoms with van der Waals surface area (Å²) in [6.07, 6.45) is 1.95. The molecule has 0 aliphatic heterocycles. The lowest BCUT2D eigenvalue weighted by Crippen LogP contribution is -2.27. The van der Waals surface area contributed by atoms with Gasteiger partial charge in [0.1, 0.15) is 17.3 Å². The van der Waals surface area contributed by atoms with Crippen LogP contribution in [0.3, 0.4) is 0 Å². The van der Waals surface area contributed by atoms with E-state index in [0.29, 0.717) is 5.92 Å². The maximum Gasteiger partial charge on any atom is 0.251 e. The second-order valence-electron chi connectivity index (χ2n) is 4.55. The smallest absolute Gasteiger partial charge is 0.251 e. The molecule has 2 unspecified atom stereocenters. The molecule has 0 heterocycles. The molecule has 98 valence electrons. The molecule has 0 saturated heterocycles. The fraction of sp³-hybridized carbons (Fsp3) is 0.462. The highest BCUT2D eigenvalue weighted by Gasteiger charge is 2.36. The van der Waals surface area contributed by atoms with Crippen molar-refractivity contribution in [2.75, 3.05) is 12.4 Å². The zero-order valence-electron chi connectivity index (χ0n) is 10.4. The summed E-state index contributed by atoms with van der Waals surface area (Å²) in [4.78, 5) is 11.8. The van der Waals surface area contributed by atoms with Crippen LogP contribution in [0.25, 0.3) is 0 Å². The molecule has 1 amide bonds. The van der Waals surface area contributed by atoms with Crippen molar-refractivity contribution in [2.45, 2.75) is 25.8 Å². The molecule has 1 aromatic carbocycles. The van der Waals surface area contributed by atoms with Gasteiger partial charge in [0.05, 0.1) is 0 Å². The van der Waals surface area contributed by atoms with E-state index in [1.54, 1.807) is 0 Å². The minimum absolute atomic E-state index is 0.0192. The van der Waals surface area contributed by atoms with E-state index in [2.05, 4.69) is 17.6 Å². The third kappa shape index (κ3) is 2.44. The number of carbonyl (C=O) groups is 1. The van der Waals surface area contributed by atoms with Crippen LogP contribution >= 0.6 is 0 Å². The number of carbonyl (C=O) groups excluding carboxylic acids is 1. The highest BCUT2D eigenvalue weighted by Crippen LogP contribution is 2.33. The number of halogens is 2. The van der Waals surface area contributed by atoms with Crippen LogP contribution in [0.5, 0.6) is 0 Å². The highest BCUT2D eigenvalue weighted by atomic mass is 19.1. The van der Waals surface area contributed by atoms with E-state index >= 15 is 0 Å². The molecule has 1 fully saturated rings. The molecule has 2 rings (SSSR count). The Labute approximate surface area is 105 Å². The highest BCUT2D eigenvalue weighted by molar-refractivity contribution is 5.95. The van der Waals surface area contributed by atoms with Crippen molar-refractivity contribution in [1.29, 1.82) is 0 Å². The Morgan fingerprint density at radius 1 is 1.39 bits per heavy atom. The first-order valence-electron chi connectivity index (χ1n) is 6.04. The normalized spacial score (nSPS) is 21.6. The lowest BCUT2D eigenvalue weighted by molar-refractivity contribution is 0.0948. The molecular formula is C13H16F2N2O. The van der Waals surface area contributed by atoms with Crippen LogP contribution in [0.1, 0.15) is 30.1 Å². The molecule has 2 N–H and O–H groups in total. The molecule has 0 spiro atoms. The molecule has 0 aromatic heterocycles. The van der Waals surface area contributed by atoms with Crippen LogP contribution in [-0.2, 0) is 0 Å². The van der Waals surface area contributed by atoms with Crippen molar-refractivity contribution in [1.82, 2.24) is 5.32 Å². The van der Waals surface area contributed by atoms with Gasteiger partial charge < -0.3 is 10.6 Å². The fourth-order valence-corrected chi connectivity index (χ4v) is 2.07. The Hall–Kier alpha value is -1.65. The Morgan fingerprint density at radius 2 is 2.00 bits per heavy atom. The Bertz CT molecular complexity index is 453. The summed E-state index contributed by atoms with van der Waals surface area (Å²) >= 11 is 0. The van der Waals surface area contributed by atoms with Gasteiger partial charge in [0.25, 0.3) is 5.91 Å². The van der Waals surface area contributed by atoms with Gasteiger partial charge in [-0.25, -0.2) is 8.78 Å². The minimum Gasteiger partial charge on any atom is -0.383 e. The number of benzene rings is 1. The van der Waals surface area contributed by atoms with Crippen LogP contribution in [0.15, 0.2) is 12.1 Å². The van der Waals surface area contributed by atoms with Gasteiger partial charge in [-0.15, -0.1) is 0 Å². The number of rotatable bonds is 4. The number of amides is 1. The van der Waals surface area contributed by atoms with Gasteiger partial charge in [0.15, 0.2) is 0 Å². The molecule has 2 atom stereocenters. The lowest BCUT2D eigenvalue weighted by atomic mass is 10.1. The van der Waals surface area contributed by atoms with Gasteiger partial charge in [-0.2, -0.15) is 0 Å². The molecule has 18 heavy (non-hydrogen) atoms. The molecule has 1 aliphatic carbocycles. The topological polar surface area (TPSA) is 41.1 Å². The van der Waals surface area contributed by atoms with Gasteiger partial charge in [0.2, 0.25) is 0 Å². The molecule has 0 bridgehead atoms. The molecule has 1 aliphatic rings. The summed E-state index contributed by atoms with van der Waals surface area (Å²) in [5.41, 5.74) is -0.199. The molecule has 1 saturated carbocycles. The Morgan fingerprint density at radius 3 is 2.44 bits per heavy atom. The average Bonchev–Trinajstić information content (AvgIpc) is 3.07. The van der Waals surface area contributed by atoms with E-state index in [1.807, 2.05) is 0 Å². The first-order valence-corrected chi connectivity index (χ1v) is 6.04. The zero-order valence-corrected chi connectivity index (χ0v) is 10.4. The quantitative estimate of drug-likeness (QED) is 0.867. The van der Waals surface area contributed by atoms with E-state index in [-0.39, 0.29) is 17.3 Å². The van der Waals surface area contributed by atoms with Crippen molar-refractivity contribution in [3.05, 3.63) is 29.3 Å². The van der Waals surface area contributed by atoms with E-state index < -0.39 is 17.5 Å². The fourth-order valence-electron chi connectivity index (χ4n) is 2.07. The summed E-state index contributed by atoms with van der Waals surface area (Å²) in [5, 5.41) is 5.19. The van der Waals surface area contributed by atoms with Crippen LogP contribution in [0.2, 0.25) is 0 Å². The summed E-state index contributed by atoms with van der Waals surface area (Å²) in [7, 11) is 1.43. The van der Waals surface area contributed by atoms with E-state index in [4.69, 9.17) is 0 Å². The number of nitrogens with one attached hydrogen (secondary N) is 2. The summed E-state index contributed by atoms with van der Waals surface area (Å²) < 4.78 is 27.0. The monoisotopic (exact) mass is 254 g/mol. The SMILES string of the molecule is CCC1CC1NC(=O)c1cc(F)c(NC)c(F)c1. The van der Waals surface area contributed by atoms with Gasteiger partial charge in [-0.05, 0) is 24.5 Å². The van der Waals surface area contributed by atoms with Crippen molar-refractivity contribution >= 4 is 11.6 Å². The Balaban J connectivity index is 2.11. The van der Waals surface area contributed by atoms with Crippen LogP contribution < -0.4 is 10.6 Å². The first-order chi connectivity index (χ1) is 8.56. The standard InChI is InChI=1S/C13H16F2N2O/c1-3-7-6-11(7)17-13(18)8-4-9(14)12(16-2)10(15)5-8/h4-5,7,11,16H,3,6H2,1-2H3,(H,17,18). The average molecular weight is 254 g/mol. The second kappa shape index (κ2) is 4.92. The molecule has 3 nitrogen and oxygen atoms in total. The van der Waals surface area contributed by atoms with Crippen molar-refractivity contribution in [3.63, 3.8) is 0 Å². The predicted molar refractivity (Wildman–Crippen MR) is 65.6 cm³/mol. The number of anilines is 1. The first kappa shape index (κ1) is 12.8. The molecule has 5 heteroatoms. The largest absolute Gasteiger partial charge is 0.383 e. The summed E-state index contributed by atoms with van der Waals surface area (Å²) in [6, 6.07) is 2.25. The number of hydrogen-bond donors (Lipinski definition) is 2. The predicted octanol–water partition coefficient (Wildman–Crippen LogP) is 2.53. The zero-order chi connectivity index (χ0) is 13.3. The maximum atomic E-state index is 13.5. The number of hydrogen-bond acceptors (Lipinski definition) is 2. The summed E-state index contributed by atoms with van der Waals surface area (Å²) in [6.45, 7) is 2.05. The van der Waals surface area contributed by atoms with Crippen molar-refractivity contribution in [2.24, 2.45) is 5.92 Å². The third-order valence-electron chi connectivity index (χ3n) is 3.32. The molecular weight excluding hydrogens is 238 g/mol. The lowest BCUT2D eigenvalue weighted by Gasteiger charge is -2.08. The van der Waals surface area contributed by atoms with E-state index in [1.165, 1.54) is 7.05 Å². The van der Waals surface area contributed by atoms with Crippen molar-refractivity contribution in [3.8, 4) is 0 Å². The Kier molecular flexibility index (Phi) is 3.50. The van der Waals surface area contributed by atoms with Crippen LogP contribution in [-0.4, -0.2) is 19.0 Å². The molecule has 0 radical (unpaired) electrons. The maximum absolute atomic E-state index is 13.5.